The second kappa shape index (κ2) is 5.70. The Morgan fingerprint density at radius 3 is 2.38 bits per heavy atom. The van der Waals surface area contributed by atoms with Crippen LogP contribution < -0.4 is 4.74 Å². The highest BCUT2D eigenvalue weighted by molar-refractivity contribution is 6.76. The van der Waals surface area contributed by atoms with Crippen LogP contribution in [0, 0.1) is 0 Å². The van der Waals surface area contributed by atoms with Crippen molar-refractivity contribution in [2.75, 3.05) is 6.61 Å². The number of hydrogen-bond donors (Lipinski definition) is 0. The highest BCUT2D eigenvalue weighted by Gasteiger charge is 2.14. The average Bonchev–Trinajstić information content (AvgIpc) is 2.17. The lowest BCUT2D eigenvalue weighted by atomic mass is 10.3. The third-order valence-electron chi connectivity index (χ3n) is 2.02. The summed E-state index contributed by atoms with van der Waals surface area (Å²) in [6, 6.07) is 9.88. The SMILES string of the molecule is C[Si](C)(C)CCOC(=O)Oc1ccccc1. The molecule has 0 spiro atoms. The van der Waals surface area contributed by atoms with E-state index in [9.17, 15) is 4.79 Å². The first-order chi connectivity index (χ1) is 7.47. The second-order valence-electron chi connectivity index (χ2n) is 4.82. The molecular weight excluding hydrogens is 220 g/mol. The van der Waals surface area contributed by atoms with Crippen molar-refractivity contribution in [3.63, 3.8) is 0 Å². The Bertz CT molecular complexity index is 330. The number of para-hydroxylation sites is 1. The van der Waals surface area contributed by atoms with E-state index in [2.05, 4.69) is 19.6 Å². The van der Waals surface area contributed by atoms with Crippen LogP contribution in [-0.4, -0.2) is 20.8 Å². The van der Waals surface area contributed by atoms with Gasteiger partial charge in [0.15, 0.2) is 0 Å². The van der Waals surface area contributed by atoms with Gasteiger partial charge in [0.25, 0.3) is 0 Å². The molecule has 0 fully saturated rings. The maximum Gasteiger partial charge on any atom is 0.513 e. The lowest BCUT2D eigenvalue weighted by Gasteiger charge is -2.14. The molecule has 0 atom stereocenters. The summed E-state index contributed by atoms with van der Waals surface area (Å²) < 4.78 is 9.98. The van der Waals surface area contributed by atoms with Gasteiger partial charge in [-0.2, -0.15) is 0 Å². The van der Waals surface area contributed by atoms with Crippen molar-refractivity contribution in [3.05, 3.63) is 30.3 Å². The van der Waals surface area contributed by atoms with Gasteiger partial charge < -0.3 is 9.47 Å². The Kier molecular flexibility index (Phi) is 4.55. The summed E-state index contributed by atoms with van der Waals surface area (Å²) in [7, 11) is -1.15. The van der Waals surface area contributed by atoms with Crippen LogP contribution in [0.4, 0.5) is 4.79 Å². The molecular formula is C12H18O3Si. The minimum absolute atomic E-state index is 0.446. The van der Waals surface area contributed by atoms with Gasteiger partial charge in [0.05, 0.1) is 6.61 Å². The second-order valence-corrected chi connectivity index (χ2v) is 10.4. The van der Waals surface area contributed by atoms with Crippen molar-refractivity contribution in [1.82, 2.24) is 0 Å². The third-order valence-corrected chi connectivity index (χ3v) is 3.72. The van der Waals surface area contributed by atoms with Crippen molar-refractivity contribution in [2.24, 2.45) is 0 Å². The van der Waals surface area contributed by atoms with E-state index < -0.39 is 14.2 Å². The van der Waals surface area contributed by atoms with Gasteiger partial charge in [-0.25, -0.2) is 4.79 Å². The van der Waals surface area contributed by atoms with Gasteiger partial charge >= 0.3 is 6.16 Å². The average molecular weight is 238 g/mol. The van der Waals surface area contributed by atoms with Gasteiger partial charge in [-0.15, -0.1) is 0 Å². The van der Waals surface area contributed by atoms with Crippen LogP contribution in [0.1, 0.15) is 0 Å². The molecule has 16 heavy (non-hydrogen) atoms. The molecule has 0 saturated carbocycles. The summed E-state index contributed by atoms with van der Waals surface area (Å²) >= 11 is 0. The lowest BCUT2D eigenvalue weighted by molar-refractivity contribution is 0.104. The first kappa shape index (κ1) is 12.8. The molecule has 1 rings (SSSR count). The third kappa shape index (κ3) is 5.55. The summed E-state index contributed by atoms with van der Waals surface area (Å²) in [5.74, 6) is 0.514. The fourth-order valence-corrected chi connectivity index (χ4v) is 1.77. The molecule has 4 heteroatoms. The summed E-state index contributed by atoms with van der Waals surface area (Å²) in [6.07, 6.45) is -0.621. The maximum absolute atomic E-state index is 11.3. The fourth-order valence-electron chi connectivity index (χ4n) is 1.05. The zero-order chi connectivity index (χ0) is 12.0. The Balaban J connectivity index is 2.27. The van der Waals surface area contributed by atoms with Crippen molar-refractivity contribution >= 4 is 14.2 Å². The van der Waals surface area contributed by atoms with Crippen molar-refractivity contribution in [3.8, 4) is 5.75 Å². The van der Waals surface area contributed by atoms with Gasteiger partial charge in [-0.3, -0.25) is 0 Å². The molecule has 3 nitrogen and oxygen atoms in total. The van der Waals surface area contributed by atoms with E-state index in [1.165, 1.54) is 0 Å². The van der Waals surface area contributed by atoms with E-state index in [4.69, 9.17) is 9.47 Å². The fraction of sp³-hybridized carbons (Fsp3) is 0.417. The van der Waals surface area contributed by atoms with Crippen LogP contribution in [0.25, 0.3) is 0 Å². The molecule has 0 saturated heterocycles. The van der Waals surface area contributed by atoms with Gasteiger partial charge in [0.1, 0.15) is 5.75 Å². The maximum atomic E-state index is 11.3. The Labute approximate surface area is 97.4 Å². The first-order valence-electron chi connectivity index (χ1n) is 5.37. The molecule has 1 aromatic carbocycles. The minimum Gasteiger partial charge on any atom is -0.434 e. The van der Waals surface area contributed by atoms with Gasteiger partial charge in [0.2, 0.25) is 0 Å². The van der Waals surface area contributed by atoms with E-state index >= 15 is 0 Å². The number of benzene rings is 1. The highest BCUT2D eigenvalue weighted by atomic mass is 28.3. The molecule has 0 bridgehead atoms. The molecule has 0 unspecified atom stereocenters. The summed E-state index contributed by atoms with van der Waals surface area (Å²) in [4.78, 5) is 11.3. The zero-order valence-electron chi connectivity index (χ0n) is 10.0. The van der Waals surface area contributed by atoms with Crippen LogP contribution in [-0.2, 0) is 4.74 Å². The number of hydrogen-bond acceptors (Lipinski definition) is 3. The van der Waals surface area contributed by atoms with Crippen LogP contribution in [0.5, 0.6) is 5.75 Å². The predicted octanol–water partition coefficient (Wildman–Crippen LogP) is 3.54. The molecule has 0 aliphatic carbocycles. The summed E-state index contributed by atoms with van der Waals surface area (Å²) in [5, 5.41) is 0. The van der Waals surface area contributed by atoms with Crippen LogP contribution in [0.15, 0.2) is 30.3 Å². The quantitative estimate of drug-likeness (QED) is 0.457. The van der Waals surface area contributed by atoms with Gasteiger partial charge in [0, 0.05) is 8.07 Å². The first-order valence-corrected chi connectivity index (χ1v) is 9.08. The Hall–Kier alpha value is -1.29. The van der Waals surface area contributed by atoms with Crippen molar-refractivity contribution in [1.29, 1.82) is 0 Å². The van der Waals surface area contributed by atoms with Gasteiger partial charge in [-0.05, 0) is 18.2 Å². The molecule has 0 aliphatic rings. The Morgan fingerprint density at radius 2 is 1.81 bits per heavy atom. The molecule has 0 amide bonds. The predicted molar refractivity (Wildman–Crippen MR) is 66.6 cm³/mol. The lowest BCUT2D eigenvalue weighted by Crippen LogP contribution is -2.23. The van der Waals surface area contributed by atoms with Gasteiger partial charge in [-0.1, -0.05) is 37.8 Å². The number of carbonyl (C=O) groups is 1. The van der Waals surface area contributed by atoms with Crippen LogP contribution >= 0.6 is 0 Å². The largest absolute Gasteiger partial charge is 0.513 e. The van der Waals surface area contributed by atoms with E-state index in [1.54, 1.807) is 12.1 Å². The number of rotatable bonds is 4. The highest BCUT2D eigenvalue weighted by Crippen LogP contribution is 2.11. The molecule has 0 heterocycles. The van der Waals surface area contributed by atoms with E-state index in [0.717, 1.165) is 6.04 Å². The van der Waals surface area contributed by atoms with E-state index in [0.29, 0.717) is 12.4 Å². The monoisotopic (exact) mass is 238 g/mol. The van der Waals surface area contributed by atoms with Crippen molar-refractivity contribution in [2.45, 2.75) is 25.7 Å². The molecule has 0 N–H and O–H groups in total. The van der Waals surface area contributed by atoms with Crippen molar-refractivity contribution < 1.29 is 14.3 Å². The summed E-state index contributed by atoms with van der Waals surface area (Å²) in [5.41, 5.74) is 0. The molecule has 0 radical (unpaired) electrons. The van der Waals surface area contributed by atoms with Crippen LogP contribution in [0.2, 0.25) is 25.7 Å². The molecule has 0 aliphatic heterocycles. The molecule has 1 aromatic rings. The topological polar surface area (TPSA) is 35.5 Å². The number of carbonyl (C=O) groups excluding carboxylic acids is 1. The molecule has 0 aromatic heterocycles. The van der Waals surface area contributed by atoms with Crippen LogP contribution in [0.3, 0.4) is 0 Å². The van der Waals surface area contributed by atoms with E-state index in [1.807, 2.05) is 18.2 Å². The summed E-state index contributed by atoms with van der Waals surface area (Å²) in [6.45, 7) is 7.15. The zero-order valence-corrected chi connectivity index (χ0v) is 11.0. The Morgan fingerprint density at radius 1 is 1.19 bits per heavy atom. The minimum atomic E-state index is -1.15. The van der Waals surface area contributed by atoms with E-state index in [-0.39, 0.29) is 0 Å². The normalized spacial score (nSPS) is 10.9. The number of ether oxygens (including phenoxy) is 2. The smallest absolute Gasteiger partial charge is 0.434 e. The standard InChI is InChI=1S/C12H18O3Si/c1-16(2,3)10-9-14-12(13)15-11-7-5-4-6-8-11/h4-8H,9-10H2,1-3H3. The molecule has 88 valence electrons.